The molecule has 9 heteroatoms. The summed E-state index contributed by atoms with van der Waals surface area (Å²) in [6.07, 6.45) is 4.69. The highest BCUT2D eigenvalue weighted by atomic mass is 16.3. The molecule has 0 saturated carbocycles. The number of hydrogen-bond acceptors (Lipinski definition) is 5. The van der Waals surface area contributed by atoms with Crippen molar-refractivity contribution >= 4 is 22.8 Å². The van der Waals surface area contributed by atoms with Crippen LogP contribution in [0.4, 0.5) is 5.69 Å². The minimum atomic E-state index is -0.554. The molecule has 0 radical (unpaired) electrons. The highest BCUT2D eigenvalue weighted by Crippen LogP contribution is 2.12. The van der Waals surface area contributed by atoms with E-state index < -0.39 is 17.2 Å². The van der Waals surface area contributed by atoms with E-state index in [-0.39, 0.29) is 12.1 Å². The summed E-state index contributed by atoms with van der Waals surface area (Å²) in [7, 11) is 0. The predicted molar refractivity (Wildman–Crippen MR) is 121 cm³/mol. The summed E-state index contributed by atoms with van der Waals surface area (Å²) in [6.45, 7) is 4.24. The lowest BCUT2D eigenvalue weighted by atomic mass is 10.2. The van der Waals surface area contributed by atoms with Crippen LogP contribution >= 0.6 is 0 Å². The standard InChI is InChI=1S/C23H25N5O4/c1-3-4-10-27-21-20(26(15-24-21)13-18-9-6-11-32-18)22(30)28(23(27)31)14-19(29)25-17-8-5-7-16(2)12-17/h5-9,11-12,15H,3-4,10,13-14H2,1-2H3,(H,25,29). The number of carbonyl (C=O) groups is 1. The molecule has 0 spiro atoms. The van der Waals surface area contributed by atoms with E-state index in [0.717, 1.165) is 23.0 Å². The van der Waals surface area contributed by atoms with Gasteiger partial charge in [-0.15, -0.1) is 0 Å². The topological polar surface area (TPSA) is 104 Å². The molecule has 3 heterocycles. The van der Waals surface area contributed by atoms with Crippen molar-refractivity contribution in [1.29, 1.82) is 0 Å². The zero-order valence-corrected chi connectivity index (χ0v) is 18.1. The molecule has 0 aliphatic heterocycles. The van der Waals surface area contributed by atoms with Crippen LogP contribution in [-0.2, 0) is 24.4 Å². The van der Waals surface area contributed by atoms with Gasteiger partial charge in [0.05, 0.1) is 19.1 Å². The average molecular weight is 435 g/mol. The van der Waals surface area contributed by atoms with E-state index in [1.165, 1.54) is 10.9 Å². The van der Waals surface area contributed by atoms with E-state index in [1.807, 2.05) is 32.0 Å². The Morgan fingerprint density at radius 3 is 2.72 bits per heavy atom. The summed E-state index contributed by atoms with van der Waals surface area (Å²) in [6, 6.07) is 10.9. The van der Waals surface area contributed by atoms with Crippen LogP contribution in [0.1, 0.15) is 31.1 Å². The number of nitrogens with one attached hydrogen (secondary N) is 1. The number of unbranched alkanes of at least 4 members (excludes halogenated alkanes) is 1. The molecule has 3 aromatic heterocycles. The second kappa shape index (κ2) is 9.09. The van der Waals surface area contributed by atoms with Gasteiger partial charge in [-0.1, -0.05) is 25.5 Å². The summed E-state index contributed by atoms with van der Waals surface area (Å²) in [5.74, 6) is 0.201. The third-order valence-corrected chi connectivity index (χ3v) is 5.23. The molecule has 0 atom stereocenters. The summed E-state index contributed by atoms with van der Waals surface area (Å²) in [5.41, 5.74) is 1.08. The number of benzene rings is 1. The van der Waals surface area contributed by atoms with Crippen LogP contribution < -0.4 is 16.6 Å². The Hall–Kier alpha value is -3.88. The van der Waals surface area contributed by atoms with Gasteiger partial charge in [0.2, 0.25) is 5.91 Å². The molecular weight excluding hydrogens is 410 g/mol. The largest absolute Gasteiger partial charge is 0.467 e. The van der Waals surface area contributed by atoms with Gasteiger partial charge in [0.25, 0.3) is 5.56 Å². The first kappa shape index (κ1) is 21.4. The van der Waals surface area contributed by atoms with Crippen LogP contribution in [0.25, 0.3) is 11.2 Å². The van der Waals surface area contributed by atoms with Gasteiger partial charge in [0.1, 0.15) is 12.3 Å². The molecule has 1 aromatic carbocycles. The molecule has 4 rings (SSSR count). The number of aryl methyl sites for hydroxylation is 2. The van der Waals surface area contributed by atoms with Crippen LogP contribution in [0, 0.1) is 6.92 Å². The molecule has 1 N–H and O–H groups in total. The van der Waals surface area contributed by atoms with Gasteiger partial charge < -0.3 is 14.3 Å². The van der Waals surface area contributed by atoms with Gasteiger partial charge in [-0.3, -0.25) is 14.2 Å². The number of carbonyl (C=O) groups excluding carboxylic acids is 1. The Morgan fingerprint density at radius 1 is 1.16 bits per heavy atom. The number of imidazole rings is 1. The zero-order valence-electron chi connectivity index (χ0n) is 18.1. The minimum Gasteiger partial charge on any atom is -0.467 e. The highest BCUT2D eigenvalue weighted by molar-refractivity contribution is 5.90. The van der Waals surface area contributed by atoms with Gasteiger partial charge in [0, 0.05) is 12.2 Å². The first-order chi connectivity index (χ1) is 15.5. The fraction of sp³-hybridized carbons (Fsp3) is 0.304. The van der Waals surface area contributed by atoms with E-state index in [4.69, 9.17) is 4.42 Å². The third-order valence-electron chi connectivity index (χ3n) is 5.23. The van der Waals surface area contributed by atoms with Gasteiger partial charge in [-0.25, -0.2) is 14.3 Å². The Kier molecular flexibility index (Phi) is 6.07. The molecule has 0 saturated heterocycles. The van der Waals surface area contributed by atoms with E-state index in [0.29, 0.717) is 30.2 Å². The van der Waals surface area contributed by atoms with Gasteiger partial charge >= 0.3 is 5.69 Å². The van der Waals surface area contributed by atoms with Crippen LogP contribution in [0.3, 0.4) is 0 Å². The lowest BCUT2D eigenvalue weighted by molar-refractivity contribution is -0.116. The predicted octanol–water partition coefficient (Wildman–Crippen LogP) is 2.75. The molecular formula is C23H25N5O4. The maximum atomic E-state index is 13.3. The lowest BCUT2D eigenvalue weighted by Gasteiger charge is -2.12. The van der Waals surface area contributed by atoms with Crippen LogP contribution in [-0.4, -0.2) is 24.6 Å². The second-order valence-electron chi connectivity index (χ2n) is 7.72. The number of nitrogens with zero attached hydrogens (tertiary/aromatic N) is 4. The molecule has 32 heavy (non-hydrogen) atoms. The van der Waals surface area contributed by atoms with Crippen molar-refractivity contribution in [1.82, 2.24) is 18.7 Å². The number of fused-ring (bicyclic) bond motifs is 1. The Bertz CT molecular complexity index is 1360. The normalized spacial score (nSPS) is 11.2. The second-order valence-corrected chi connectivity index (χ2v) is 7.72. The Morgan fingerprint density at radius 2 is 2.00 bits per heavy atom. The van der Waals surface area contributed by atoms with Crippen molar-refractivity contribution in [2.24, 2.45) is 0 Å². The van der Waals surface area contributed by atoms with E-state index in [1.54, 1.807) is 29.0 Å². The Balaban J connectivity index is 1.75. The molecule has 1 amide bonds. The van der Waals surface area contributed by atoms with Crippen LogP contribution in [0.5, 0.6) is 0 Å². The van der Waals surface area contributed by atoms with E-state index in [2.05, 4.69) is 10.3 Å². The highest BCUT2D eigenvalue weighted by Gasteiger charge is 2.20. The molecule has 4 aromatic rings. The smallest absolute Gasteiger partial charge is 0.333 e. The average Bonchev–Trinajstić information content (AvgIpc) is 3.42. The van der Waals surface area contributed by atoms with Crippen molar-refractivity contribution in [3.05, 3.63) is 81.2 Å². The monoisotopic (exact) mass is 435 g/mol. The quantitative estimate of drug-likeness (QED) is 0.458. The van der Waals surface area contributed by atoms with Crippen LogP contribution in [0.2, 0.25) is 0 Å². The van der Waals surface area contributed by atoms with E-state index >= 15 is 0 Å². The lowest BCUT2D eigenvalue weighted by Crippen LogP contribution is -2.43. The zero-order chi connectivity index (χ0) is 22.7. The maximum absolute atomic E-state index is 13.3. The number of amides is 1. The number of furan rings is 1. The number of rotatable bonds is 8. The summed E-state index contributed by atoms with van der Waals surface area (Å²) >= 11 is 0. The summed E-state index contributed by atoms with van der Waals surface area (Å²) < 4.78 is 9.49. The van der Waals surface area contributed by atoms with Crippen molar-refractivity contribution in [2.75, 3.05) is 5.32 Å². The number of aromatic nitrogens is 4. The van der Waals surface area contributed by atoms with Gasteiger partial charge in [-0.2, -0.15) is 0 Å². The molecule has 0 aliphatic carbocycles. The third kappa shape index (κ3) is 4.27. The van der Waals surface area contributed by atoms with Crippen molar-refractivity contribution in [3.8, 4) is 0 Å². The van der Waals surface area contributed by atoms with Crippen molar-refractivity contribution < 1.29 is 9.21 Å². The van der Waals surface area contributed by atoms with Crippen LogP contribution in [0.15, 0.2) is 63.0 Å². The van der Waals surface area contributed by atoms with Crippen molar-refractivity contribution in [3.63, 3.8) is 0 Å². The number of anilines is 1. The number of hydrogen-bond donors (Lipinski definition) is 1. The molecule has 0 unspecified atom stereocenters. The maximum Gasteiger partial charge on any atom is 0.333 e. The first-order valence-electron chi connectivity index (χ1n) is 10.5. The Labute approximate surface area is 183 Å². The SMILES string of the molecule is CCCCn1c(=O)n(CC(=O)Nc2cccc(C)c2)c(=O)c2c1ncn2Cc1ccco1. The first-order valence-corrected chi connectivity index (χ1v) is 10.5. The molecule has 0 bridgehead atoms. The summed E-state index contributed by atoms with van der Waals surface area (Å²) in [4.78, 5) is 43.5. The molecule has 166 valence electrons. The van der Waals surface area contributed by atoms with E-state index in [9.17, 15) is 14.4 Å². The fourth-order valence-electron chi connectivity index (χ4n) is 3.65. The van der Waals surface area contributed by atoms with Gasteiger partial charge in [0.15, 0.2) is 11.2 Å². The minimum absolute atomic E-state index is 0.264. The molecule has 0 aliphatic rings. The van der Waals surface area contributed by atoms with Gasteiger partial charge in [-0.05, 0) is 43.2 Å². The molecule has 9 nitrogen and oxygen atoms in total. The van der Waals surface area contributed by atoms with Crippen molar-refractivity contribution in [2.45, 2.75) is 46.3 Å². The summed E-state index contributed by atoms with van der Waals surface area (Å²) in [5, 5.41) is 2.76. The fourth-order valence-corrected chi connectivity index (χ4v) is 3.65. The molecule has 0 fully saturated rings.